The van der Waals surface area contributed by atoms with Gasteiger partial charge in [-0.2, -0.15) is 0 Å². The smallest absolute Gasteiger partial charge is 0.123 e. The highest BCUT2D eigenvalue weighted by Gasteiger charge is 2.65. The number of benzene rings is 3. The van der Waals surface area contributed by atoms with Crippen LogP contribution in [0, 0.1) is 17.8 Å². The lowest BCUT2D eigenvalue weighted by Gasteiger charge is -2.64. The van der Waals surface area contributed by atoms with Crippen molar-refractivity contribution in [1.82, 2.24) is 4.57 Å². The molecule has 0 bridgehead atoms. The predicted octanol–water partition coefficient (Wildman–Crippen LogP) is 11.5. The van der Waals surface area contributed by atoms with Crippen LogP contribution in [0.15, 0.2) is 126 Å². The van der Waals surface area contributed by atoms with Gasteiger partial charge in [-0.05, 0) is 98.3 Å². The van der Waals surface area contributed by atoms with Crippen molar-refractivity contribution < 1.29 is 9.47 Å². The first-order valence-electron chi connectivity index (χ1n) is 20.4. The van der Waals surface area contributed by atoms with E-state index in [9.17, 15) is 0 Å². The maximum absolute atomic E-state index is 7.42. The monoisotopic (exact) mass is 683 g/mol. The summed E-state index contributed by atoms with van der Waals surface area (Å²) in [6.45, 7) is 0. The molecule has 1 aromatic heterocycles. The van der Waals surface area contributed by atoms with Gasteiger partial charge >= 0.3 is 0 Å². The van der Waals surface area contributed by atoms with Crippen LogP contribution in [0.4, 0.5) is 0 Å². The van der Waals surface area contributed by atoms with Crippen molar-refractivity contribution in [2.45, 2.75) is 100 Å². The van der Waals surface area contributed by atoms with Gasteiger partial charge in [0.2, 0.25) is 0 Å². The molecule has 3 aromatic carbocycles. The molecule has 2 saturated carbocycles. The molecule has 1 spiro atoms. The Hall–Kier alpha value is -4.34. The molecule has 0 N–H and O–H groups in total. The van der Waals surface area contributed by atoms with Crippen LogP contribution in [0.25, 0.3) is 22.7 Å². The first-order valence-corrected chi connectivity index (χ1v) is 20.4. The summed E-state index contributed by atoms with van der Waals surface area (Å²) in [6.07, 6.45) is 32.8. The van der Waals surface area contributed by atoms with E-state index in [4.69, 9.17) is 9.47 Å². The van der Waals surface area contributed by atoms with E-state index in [1.165, 1.54) is 88.6 Å². The van der Waals surface area contributed by atoms with Crippen molar-refractivity contribution in [3.63, 3.8) is 0 Å². The van der Waals surface area contributed by atoms with Gasteiger partial charge in [0.1, 0.15) is 11.9 Å². The van der Waals surface area contributed by atoms with Crippen molar-refractivity contribution in [2.24, 2.45) is 17.8 Å². The normalized spacial score (nSPS) is 32.9. The van der Waals surface area contributed by atoms with Gasteiger partial charge in [-0.1, -0.05) is 116 Å². The Labute approximate surface area is 308 Å². The van der Waals surface area contributed by atoms with E-state index in [-0.39, 0.29) is 23.5 Å². The molecule has 3 heterocycles. The molecule has 8 atom stereocenters. The molecule has 7 aliphatic rings. The van der Waals surface area contributed by atoms with Crippen LogP contribution >= 0.6 is 0 Å². The average Bonchev–Trinajstić information content (AvgIpc) is 3.55. The summed E-state index contributed by atoms with van der Waals surface area (Å²) in [6, 6.07) is 27.7. The summed E-state index contributed by atoms with van der Waals surface area (Å²) in [4.78, 5) is 0. The molecule has 11 rings (SSSR count). The van der Waals surface area contributed by atoms with Crippen LogP contribution in [0.1, 0.15) is 92.5 Å². The predicted molar refractivity (Wildman–Crippen MR) is 211 cm³/mol. The molecule has 5 aliphatic carbocycles. The molecule has 3 nitrogen and oxygen atoms in total. The Kier molecular flexibility index (Phi) is 7.43. The SMILES string of the molecule is C1=CC(C2=CC3C(C=C2)OC2CCCCC2C32c3ccccc3OC3C(c4ccc5c6c(n(-c7ccccc7)c5c4)CCC=C6)CCCC32)=CCC1. The van der Waals surface area contributed by atoms with Crippen LogP contribution in [-0.2, 0) is 16.6 Å². The molecular weight excluding hydrogens is 635 g/mol. The molecule has 3 heteroatoms. The van der Waals surface area contributed by atoms with Crippen LogP contribution in [0.5, 0.6) is 5.75 Å². The van der Waals surface area contributed by atoms with E-state index >= 15 is 0 Å². The fourth-order valence-electron chi connectivity index (χ4n) is 12.2. The quantitative estimate of drug-likeness (QED) is 0.215. The summed E-state index contributed by atoms with van der Waals surface area (Å²) < 4.78 is 17.2. The maximum atomic E-state index is 7.42. The minimum atomic E-state index is -0.0423. The maximum Gasteiger partial charge on any atom is 0.123 e. The molecule has 1 saturated heterocycles. The van der Waals surface area contributed by atoms with E-state index in [1.54, 1.807) is 0 Å². The highest BCUT2D eigenvalue weighted by molar-refractivity contribution is 5.93. The second kappa shape index (κ2) is 12.4. The number of aromatic nitrogens is 1. The van der Waals surface area contributed by atoms with Crippen LogP contribution < -0.4 is 4.74 Å². The number of ether oxygens (including phenoxy) is 2. The van der Waals surface area contributed by atoms with Gasteiger partial charge in [0.05, 0.1) is 17.7 Å². The first-order chi connectivity index (χ1) is 25.8. The van der Waals surface area contributed by atoms with Gasteiger partial charge in [-0.15, -0.1) is 0 Å². The minimum Gasteiger partial charge on any atom is -0.489 e. The van der Waals surface area contributed by atoms with Crippen molar-refractivity contribution >= 4 is 17.0 Å². The van der Waals surface area contributed by atoms with Crippen molar-refractivity contribution in [2.75, 3.05) is 0 Å². The largest absolute Gasteiger partial charge is 0.489 e. The van der Waals surface area contributed by atoms with Crippen LogP contribution in [0.3, 0.4) is 0 Å². The van der Waals surface area contributed by atoms with Gasteiger partial charge in [-0.25, -0.2) is 0 Å². The molecule has 2 aliphatic heterocycles. The highest BCUT2D eigenvalue weighted by Crippen LogP contribution is 2.65. The third kappa shape index (κ3) is 4.60. The van der Waals surface area contributed by atoms with E-state index in [1.807, 2.05) is 0 Å². The van der Waals surface area contributed by atoms with Crippen LogP contribution in [-0.4, -0.2) is 22.9 Å². The molecule has 52 heavy (non-hydrogen) atoms. The lowest BCUT2D eigenvalue weighted by atomic mass is 9.45. The zero-order valence-corrected chi connectivity index (χ0v) is 30.1. The third-order valence-corrected chi connectivity index (χ3v) is 14.2. The Morgan fingerprint density at radius 1 is 0.731 bits per heavy atom. The molecule has 0 radical (unpaired) electrons. The van der Waals surface area contributed by atoms with Gasteiger partial charge in [-0.3, -0.25) is 0 Å². The van der Waals surface area contributed by atoms with E-state index in [2.05, 4.69) is 126 Å². The van der Waals surface area contributed by atoms with Gasteiger partial charge in [0, 0.05) is 51.1 Å². The first kappa shape index (κ1) is 31.2. The Balaban J connectivity index is 1.09. The number of para-hydroxylation sites is 2. The highest BCUT2D eigenvalue weighted by atomic mass is 16.5. The number of hydrogen-bond donors (Lipinski definition) is 0. The number of hydrogen-bond acceptors (Lipinski definition) is 2. The lowest BCUT2D eigenvalue weighted by Crippen LogP contribution is -2.66. The summed E-state index contributed by atoms with van der Waals surface area (Å²) in [5.74, 6) is 2.62. The van der Waals surface area contributed by atoms with Crippen molar-refractivity contribution in [3.05, 3.63) is 149 Å². The van der Waals surface area contributed by atoms with Gasteiger partial charge in [0.25, 0.3) is 0 Å². The molecule has 3 fully saturated rings. The molecule has 4 aromatic rings. The second-order valence-corrected chi connectivity index (χ2v) is 16.6. The average molecular weight is 684 g/mol. The fourth-order valence-corrected chi connectivity index (χ4v) is 12.2. The van der Waals surface area contributed by atoms with Gasteiger partial charge < -0.3 is 14.0 Å². The van der Waals surface area contributed by atoms with E-state index in [0.29, 0.717) is 23.9 Å². The summed E-state index contributed by atoms with van der Waals surface area (Å²) >= 11 is 0. The minimum absolute atomic E-state index is 0.0423. The van der Waals surface area contributed by atoms with Gasteiger partial charge in [0.15, 0.2) is 0 Å². The Bertz CT molecular complexity index is 2200. The number of allylic oxidation sites excluding steroid dienone is 7. The van der Waals surface area contributed by atoms with Crippen molar-refractivity contribution in [3.8, 4) is 11.4 Å². The summed E-state index contributed by atoms with van der Waals surface area (Å²) in [5, 5.41) is 1.37. The zero-order valence-electron chi connectivity index (χ0n) is 30.1. The molecule has 0 amide bonds. The van der Waals surface area contributed by atoms with E-state index in [0.717, 1.165) is 37.9 Å². The summed E-state index contributed by atoms with van der Waals surface area (Å²) in [7, 11) is 0. The molecule has 262 valence electrons. The Morgan fingerprint density at radius 2 is 1.60 bits per heavy atom. The topological polar surface area (TPSA) is 23.4 Å². The zero-order chi connectivity index (χ0) is 34.2. The molecular formula is C49H49NO2. The number of nitrogens with zero attached hydrogens (tertiary/aromatic N) is 1. The lowest BCUT2D eigenvalue weighted by molar-refractivity contribution is -0.181. The summed E-state index contributed by atoms with van der Waals surface area (Å²) in [5.41, 5.74) is 11.1. The standard InChI is InChI=1S/C49H49NO2/c1-3-14-32(15-4-1)33-27-29-47-42(30-33)49(39-20-8-11-24-45(39)51-47)40-21-9-12-25-46(40)52-48-36(19-13-22-41(48)49)34-26-28-38-37-18-7-10-23-43(37)50(44(38)31-34)35-16-5-2-6-17-35/h2-3,5-7,9,12,14-18,21,25-31,36,39,41-42,45,47-48H,1,4,8,10-11,13,19-20,22-24H2. The van der Waals surface area contributed by atoms with E-state index < -0.39 is 0 Å². The number of rotatable bonds is 3. The van der Waals surface area contributed by atoms with Crippen LogP contribution in [0.2, 0.25) is 0 Å². The Morgan fingerprint density at radius 3 is 2.52 bits per heavy atom. The molecule has 8 unspecified atom stereocenters. The number of fused-ring (bicyclic) bond motifs is 11. The third-order valence-electron chi connectivity index (χ3n) is 14.2. The van der Waals surface area contributed by atoms with Crippen molar-refractivity contribution in [1.29, 1.82) is 0 Å². The fraction of sp³-hybridized carbons (Fsp3) is 0.388. The second-order valence-electron chi connectivity index (χ2n) is 16.6.